The van der Waals surface area contributed by atoms with Gasteiger partial charge in [0, 0.05) is 11.7 Å². The summed E-state index contributed by atoms with van der Waals surface area (Å²) in [7, 11) is 1.65. The average Bonchev–Trinajstić information content (AvgIpc) is 2.27. The zero-order valence-electron chi connectivity index (χ0n) is 11.2. The summed E-state index contributed by atoms with van der Waals surface area (Å²) in [5.41, 5.74) is 1.26. The molecule has 0 fully saturated rings. The van der Waals surface area contributed by atoms with E-state index in [9.17, 15) is 0 Å². The quantitative estimate of drug-likeness (QED) is 0.795. The van der Waals surface area contributed by atoms with Crippen LogP contribution in [0.5, 0.6) is 5.75 Å². The topological polar surface area (TPSA) is 34.1 Å². The van der Waals surface area contributed by atoms with Crippen molar-refractivity contribution in [2.45, 2.75) is 32.7 Å². The zero-order chi connectivity index (χ0) is 12.7. The van der Waals surface area contributed by atoms with Gasteiger partial charge in [-0.25, -0.2) is 0 Å². The van der Waals surface area contributed by atoms with Gasteiger partial charge in [-0.3, -0.25) is 4.98 Å². The minimum atomic E-state index is 0.186. The van der Waals surface area contributed by atoms with E-state index in [2.05, 4.69) is 43.2 Å². The highest BCUT2D eigenvalue weighted by atomic mass is 16.5. The second-order valence-corrected chi connectivity index (χ2v) is 5.03. The Balaban J connectivity index is 2.38. The summed E-state index contributed by atoms with van der Waals surface area (Å²) in [6, 6.07) is 1.97. The summed E-state index contributed by atoms with van der Waals surface area (Å²) < 4.78 is 5.12. The number of nitrogens with one attached hydrogen (secondary N) is 1. The fourth-order valence-electron chi connectivity index (χ4n) is 1.39. The smallest absolute Gasteiger partial charge is 0.137 e. The first kappa shape index (κ1) is 13.7. The number of hydrogen-bond acceptors (Lipinski definition) is 3. The molecule has 3 heteroatoms. The highest BCUT2D eigenvalue weighted by molar-refractivity contribution is 5.49. The van der Waals surface area contributed by atoms with E-state index in [1.54, 1.807) is 13.3 Å². The first-order chi connectivity index (χ1) is 8.01. The zero-order valence-corrected chi connectivity index (χ0v) is 11.2. The highest BCUT2D eigenvalue weighted by Gasteiger charge is 2.06. The number of nitrogens with zero attached hydrogens (tertiary/aromatic N) is 1. The van der Waals surface area contributed by atoms with Gasteiger partial charge in [0.15, 0.2) is 0 Å². The summed E-state index contributed by atoms with van der Waals surface area (Å²) >= 11 is 0. The summed E-state index contributed by atoms with van der Waals surface area (Å²) in [6.07, 6.45) is 8.76. The molecule has 0 aromatic carbocycles. The number of methoxy groups -OCH3 is 1. The van der Waals surface area contributed by atoms with Gasteiger partial charge in [0.1, 0.15) is 5.75 Å². The van der Waals surface area contributed by atoms with Gasteiger partial charge in [-0.15, -0.1) is 0 Å². The van der Waals surface area contributed by atoms with Gasteiger partial charge >= 0.3 is 0 Å². The molecule has 0 unspecified atom stereocenters. The maximum Gasteiger partial charge on any atom is 0.137 e. The second kappa shape index (κ2) is 6.40. The van der Waals surface area contributed by atoms with E-state index in [1.807, 2.05) is 12.3 Å². The molecule has 1 aromatic heterocycles. The molecule has 0 spiro atoms. The molecule has 1 rings (SSSR count). The van der Waals surface area contributed by atoms with Crippen LogP contribution >= 0.6 is 0 Å². The van der Waals surface area contributed by atoms with Gasteiger partial charge < -0.3 is 10.1 Å². The number of rotatable bonds is 5. The maximum atomic E-state index is 5.12. The van der Waals surface area contributed by atoms with Crippen LogP contribution in [0.2, 0.25) is 0 Å². The van der Waals surface area contributed by atoms with Crippen LogP contribution in [0.4, 0.5) is 0 Å². The Hall–Kier alpha value is -1.35. The lowest BCUT2D eigenvalue weighted by molar-refractivity contribution is 0.413. The van der Waals surface area contributed by atoms with E-state index in [-0.39, 0.29) is 5.54 Å². The molecule has 1 aromatic rings. The number of pyridine rings is 1. The van der Waals surface area contributed by atoms with Crippen molar-refractivity contribution in [3.63, 3.8) is 0 Å². The van der Waals surface area contributed by atoms with E-state index in [0.29, 0.717) is 0 Å². The fraction of sp³-hybridized carbons (Fsp3) is 0.500. The number of ether oxygens (including phenoxy) is 1. The van der Waals surface area contributed by atoms with Crippen LogP contribution in [0, 0.1) is 0 Å². The standard InChI is InChI=1S/C14H22N2O/c1-14(2,3)16-8-6-5-7-12-9-13(17-4)11-15-10-12/h5,7,9-11,16H,6,8H2,1-4H3/b7-5+. The molecule has 0 aliphatic heterocycles. The monoisotopic (exact) mass is 234 g/mol. The predicted octanol–water partition coefficient (Wildman–Crippen LogP) is 2.88. The van der Waals surface area contributed by atoms with Crippen molar-refractivity contribution in [1.82, 2.24) is 10.3 Å². The van der Waals surface area contributed by atoms with Crippen LogP contribution in [0.3, 0.4) is 0 Å². The third kappa shape index (κ3) is 6.07. The summed E-state index contributed by atoms with van der Waals surface area (Å²) in [4.78, 5) is 4.10. The summed E-state index contributed by atoms with van der Waals surface area (Å²) in [5.74, 6) is 0.792. The summed E-state index contributed by atoms with van der Waals surface area (Å²) in [6.45, 7) is 7.49. The van der Waals surface area contributed by atoms with Crippen molar-refractivity contribution in [3.8, 4) is 5.75 Å². The first-order valence-electron chi connectivity index (χ1n) is 5.92. The molecule has 0 aliphatic carbocycles. The Morgan fingerprint density at radius 2 is 2.12 bits per heavy atom. The Morgan fingerprint density at radius 3 is 2.76 bits per heavy atom. The van der Waals surface area contributed by atoms with Crippen molar-refractivity contribution in [2.75, 3.05) is 13.7 Å². The van der Waals surface area contributed by atoms with Gasteiger partial charge in [-0.05, 0) is 45.4 Å². The Morgan fingerprint density at radius 1 is 1.35 bits per heavy atom. The van der Waals surface area contributed by atoms with Gasteiger partial charge in [0.2, 0.25) is 0 Å². The lowest BCUT2D eigenvalue weighted by Crippen LogP contribution is -2.36. The van der Waals surface area contributed by atoms with Gasteiger partial charge in [0.25, 0.3) is 0 Å². The highest BCUT2D eigenvalue weighted by Crippen LogP contribution is 2.11. The third-order valence-electron chi connectivity index (χ3n) is 2.25. The minimum absolute atomic E-state index is 0.186. The van der Waals surface area contributed by atoms with E-state index < -0.39 is 0 Å². The van der Waals surface area contributed by atoms with Crippen molar-refractivity contribution < 1.29 is 4.74 Å². The molecular weight excluding hydrogens is 212 g/mol. The van der Waals surface area contributed by atoms with Gasteiger partial charge in [-0.2, -0.15) is 0 Å². The molecule has 3 nitrogen and oxygen atoms in total. The van der Waals surface area contributed by atoms with Crippen molar-refractivity contribution in [2.24, 2.45) is 0 Å². The van der Waals surface area contributed by atoms with Crippen molar-refractivity contribution in [1.29, 1.82) is 0 Å². The van der Waals surface area contributed by atoms with E-state index in [1.165, 1.54) is 0 Å². The van der Waals surface area contributed by atoms with Gasteiger partial charge in [0.05, 0.1) is 13.3 Å². The largest absolute Gasteiger partial charge is 0.495 e. The van der Waals surface area contributed by atoms with Crippen LogP contribution in [-0.4, -0.2) is 24.2 Å². The first-order valence-corrected chi connectivity index (χ1v) is 5.92. The third-order valence-corrected chi connectivity index (χ3v) is 2.25. The van der Waals surface area contributed by atoms with E-state index in [4.69, 9.17) is 4.74 Å². The molecule has 0 bridgehead atoms. The number of aromatic nitrogens is 1. The molecule has 1 heterocycles. The lowest BCUT2D eigenvalue weighted by atomic mass is 10.1. The maximum absolute atomic E-state index is 5.12. The summed E-state index contributed by atoms with van der Waals surface area (Å²) in [5, 5.41) is 3.44. The predicted molar refractivity (Wildman–Crippen MR) is 72.2 cm³/mol. The number of hydrogen-bond donors (Lipinski definition) is 1. The molecule has 0 saturated carbocycles. The van der Waals surface area contributed by atoms with Crippen LogP contribution in [0.1, 0.15) is 32.8 Å². The molecule has 0 saturated heterocycles. The SMILES string of the molecule is COc1cncc(/C=C/CCNC(C)(C)C)c1. The molecule has 94 valence electrons. The molecule has 17 heavy (non-hydrogen) atoms. The van der Waals surface area contributed by atoms with E-state index >= 15 is 0 Å². The normalized spacial score (nSPS) is 12.0. The molecule has 0 radical (unpaired) electrons. The van der Waals surface area contributed by atoms with Crippen LogP contribution in [0.25, 0.3) is 6.08 Å². The molecule has 0 aliphatic rings. The Kier molecular flexibility index (Phi) is 5.16. The molecule has 1 N–H and O–H groups in total. The minimum Gasteiger partial charge on any atom is -0.495 e. The molecule has 0 amide bonds. The average molecular weight is 234 g/mol. The molecule has 0 atom stereocenters. The fourth-order valence-corrected chi connectivity index (χ4v) is 1.39. The van der Waals surface area contributed by atoms with Gasteiger partial charge in [-0.1, -0.05) is 12.2 Å². The van der Waals surface area contributed by atoms with Crippen LogP contribution < -0.4 is 10.1 Å². The molecular formula is C14H22N2O. The van der Waals surface area contributed by atoms with E-state index in [0.717, 1.165) is 24.3 Å². The lowest BCUT2D eigenvalue weighted by Gasteiger charge is -2.19. The van der Waals surface area contributed by atoms with Crippen molar-refractivity contribution >= 4 is 6.08 Å². The Bertz CT molecular complexity index is 367. The van der Waals surface area contributed by atoms with Crippen molar-refractivity contribution in [3.05, 3.63) is 30.1 Å². The Labute approximate surface area is 104 Å². The second-order valence-electron chi connectivity index (χ2n) is 5.03. The van der Waals surface area contributed by atoms with Crippen LogP contribution in [0.15, 0.2) is 24.5 Å². The van der Waals surface area contributed by atoms with Crippen LogP contribution in [-0.2, 0) is 0 Å².